The van der Waals surface area contributed by atoms with E-state index in [9.17, 15) is 0 Å². The van der Waals surface area contributed by atoms with E-state index in [1.165, 1.54) is 33.4 Å². The summed E-state index contributed by atoms with van der Waals surface area (Å²) >= 11 is 0. The van der Waals surface area contributed by atoms with E-state index in [1.807, 2.05) is 48.5 Å². The van der Waals surface area contributed by atoms with Crippen LogP contribution in [0.1, 0.15) is 477 Å². The summed E-state index contributed by atoms with van der Waals surface area (Å²) in [6.07, 6.45) is 28.7. The zero-order chi connectivity index (χ0) is 105. The molecule has 16 bridgehead atoms. The predicted octanol–water partition coefficient (Wildman–Crippen LogP) is 35.5. The van der Waals surface area contributed by atoms with Gasteiger partial charge in [-0.15, -0.1) is 0 Å². The van der Waals surface area contributed by atoms with Crippen LogP contribution in [-0.4, -0.2) is 64.7 Å². The maximum atomic E-state index is 15.5. The third kappa shape index (κ3) is 31.4. The van der Waals surface area contributed by atoms with Crippen molar-refractivity contribution in [2.24, 2.45) is 0 Å². The molecule has 0 unspecified atom stereocenters. The van der Waals surface area contributed by atoms with Crippen LogP contribution in [0.15, 0.2) is 146 Å². The Labute approximate surface area is 882 Å². The summed E-state index contributed by atoms with van der Waals surface area (Å²) in [5.74, 6) is 6.72. The molecule has 10 aromatic carbocycles. The molecule has 0 spiro atoms. The molecule has 2 aliphatic carbocycles. The van der Waals surface area contributed by atoms with Gasteiger partial charge in [0, 0.05) is 96.1 Å². The number of carbonyl (C=O) groups is 2. The lowest BCUT2D eigenvalue weighted by atomic mass is 9.80. The minimum absolute atomic E-state index is 0.177. The molecule has 2 N–H and O–H groups in total. The predicted molar refractivity (Wildman–Crippen MR) is 614 cm³/mol. The zero-order valence-corrected chi connectivity index (χ0v) is 95.2. The zero-order valence-electron chi connectivity index (χ0n) is 95.2. The normalized spacial score (nSPS) is 13.0. The van der Waals surface area contributed by atoms with Gasteiger partial charge in [-0.25, -0.2) is 0 Å². The molecule has 2 amide bonds. The Morgan fingerprint density at radius 3 is 0.452 bits per heavy atom. The number of hydrogen-bond donors (Lipinski definition) is 2. The Kier molecular flexibility index (Phi) is 41.2. The monoisotopic (exact) mass is 1980 g/mol. The first-order valence-electron chi connectivity index (χ1n) is 56.8. The van der Waals surface area contributed by atoms with Gasteiger partial charge in [-0.05, 0) is 244 Å². The molecule has 0 saturated heterocycles. The number of rotatable bonds is 45. The average molecular weight is 1980 g/mol. The summed E-state index contributed by atoms with van der Waals surface area (Å²) in [7, 11) is 0. The highest BCUT2D eigenvalue weighted by Gasteiger charge is 2.34. The number of fused-ring (bicyclic) bond motifs is 16. The largest absolute Gasteiger partial charge is 0.493 e. The molecule has 0 atom stereocenters. The van der Waals surface area contributed by atoms with Gasteiger partial charge in [0.2, 0.25) is 0 Å². The van der Waals surface area contributed by atoms with Crippen molar-refractivity contribution >= 4 is 23.2 Å². The van der Waals surface area contributed by atoms with E-state index in [0.29, 0.717) is 127 Å². The molecule has 12 rings (SSSR count). The molecule has 146 heavy (non-hydrogen) atoms. The van der Waals surface area contributed by atoms with E-state index in [2.05, 4.69) is 288 Å². The highest BCUT2D eigenvalue weighted by Crippen LogP contribution is 2.49. The van der Waals surface area contributed by atoms with Crippen molar-refractivity contribution in [3.8, 4) is 57.1 Å². The standard InChI is InChI=1S/C134H184N2O10/c1-27-35-43-59-139-119-95-67-99-79-113(131(15,16)17)83-103(121(99)141-61-45-37-29-3)71-107-87-117(88-108(125(107)145-65-49-41-33-7)72-104-84-114(132(18,19)20)80-100(122(104)142-62-46-38-30-4)68-96(119)76-111(75-95)129(9,10)11)135-127(137)93-55-51-91(52-56-93)92-53-57-94(58-54-92)128(138)136-118-89-109-73-105-85-115(133(21,22)23)81-101(123(105)143-63-47-39-31-5)69-97-77-112(130(12,13)14)78-98(120(97)140-60-44-36-28-2)70-102-82-116(134(24,25)26)86-106(124(102)144-64-48-40-32-6)74-110(90-118)126(109)146-66-50-42-34-8/h51-58,75-90H,27-50,59-74H2,1-26H3,(H,135,137)(H,136,138). The Bertz CT molecular complexity index is 5340. The summed E-state index contributed by atoms with van der Waals surface area (Å²) in [5.41, 5.74) is 27.7. The minimum atomic E-state index is -0.236. The Morgan fingerprint density at radius 2 is 0.329 bits per heavy atom. The summed E-state index contributed by atoms with van der Waals surface area (Å²) in [6, 6.07) is 53.4. The van der Waals surface area contributed by atoms with Crippen molar-refractivity contribution in [2.45, 2.75) is 418 Å². The first-order chi connectivity index (χ1) is 69.6. The topological polar surface area (TPSA) is 132 Å². The molecular weight excluding hydrogens is 1800 g/mol. The van der Waals surface area contributed by atoms with Crippen LogP contribution in [0.3, 0.4) is 0 Å². The molecule has 0 saturated carbocycles. The van der Waals surface area contributed by atoms with Gasteiger partial charge in [-0.3, -0.25) is 9.59 Å². The molecule has 790 valence electrons. The van der Waals surface area contributed by atoms with Crippen LogP contribution in [0.25, 0.3) is 11.1 Å². The number of carbonyl (C=O) groups excluding carboxylic acids is 2. The minimum Gasteiger partial charge on any atom is -0.493 e. The van der Waals surface area contributed by atoms with Gasteiger partial charge < -0.3 is 48.5 Å². The van der Waals surface area contributed by atoms with Gasteiger partial charge in [0.05, 0.1) is 52.9 Å². The molecule has 0 heterocycles. The van der Waals surface area contributed by atoms with Gasteiger partial charge in [-0.1, -0.05) is 380 Å². The second kappa shape index (κ2) is 52.6. The van der Waals surface area contributed by atoms with Crippen LogP contribution < -0.4 is 48.5 Å². The van der Waals surface area contributed by atoms with Gasteiger partial charge >= 0.3 is 0 Å². The van der Waals surface area contributed by atoms with Crippen molar-refractivity contribution in [1.82, 2.24) is 0 Å². The van der Waals surface area contributed by atoms with Gasteiger partial charge in [0.1, 0.15) is 46.0 Å². The van der Waals surface area contributed by atoms with Crippen LogP contribution in [0.5, 0.6) is 46.0 Å². The van der Waals surface area contributed by atoms with Crippen molar-refractivity contribution in [1.29, 1.82) is 0 Å². The van der Waals surface area contributed by atoms with Gasteiger partial charge in [0.25, 0.3) is 11.8 Å². The SMILES string of the molecule is CCCCCOc1c2cc(NC(=O)c3ccc(-c4ccc(C(=O)Nc5cc6c(OCCCCC)c(c5)Cc5cc(C(C)(C)C)cc(c5OCCCCC)Cc5cc(C(C)(C)C)cc(c5OCCCCC)Cc5cc(C(C)(C)C)cc(c5OCCCCC)C6)cc4)cc3)cc1Cc1cc(C(C)(C)C)cc(c1OCCCCC)Cc1cc(C(C)(C)C)cc(c1OCCCCC)Cc1cc(C(C)(C)C)cc(c1OCCCCC)C2. The van der Waals surface area contributed by atoms with Crippen molar-refractivity contribution < 1.29 is 47.5 Å². The Hall–Kier alpha value is -10.5. The fraction of sp³-hybridized carbons (Fsp3) is 0.537. The lowest BCUT2D eigenvalue weighted by molar-refractivity contribution is 0.101. The molecule has 12 nitrogen and oxygen atoms in total. The van der Waals surface area contributed by atoms with E-state index in [-0.39, 0.29) is 44.3 Å². The van der Waals surface area contributed by atoms with Crippen LogP contribution in [0, 0.1) is 0 Å². The van der Waals surface area contributed by atoms with Crippen molar-refractivity contribution in [3.05, 3.63) is 279 Å². The maximum Gasteiger partial charge on any atom is 0.255 e. The first-order valence-corrected chi connectivity index (χ1v) is 56.8. The molecule has 0 radical (unpaired) electrons. The highest BCUT2D eigenvalue weighted by atomic mass is 16.5. The second-order valence-electron chi connectivity index (χ2n) is 48.4. The molecular formula is C134H184N2O10. The number of anilines is 2. The van der Waals surface area contributed by atoms with E-state index >= 15 is 9.59 Å². The first kappa shape index (κ1) is 114. The molecule has 0 fully saturated rings. The van der Waals surface area contributed by atoms with Gasteiger partial charge in [-0.2, -0.15) is 0 Å². The van der Waals surface area contributed by atoms with Crippen molar-refractivity contribution in [3.63, 3.8) is 0 Å². The number of ether oxygens (including phenoxy) is 8. The van der Waals surface area contributed by atoms with E-state index in [1.54, 1.807) is 0 Å². The number of unbranched alkanes of at least 4 members (excludes halogenated alkanes) is 16. The second-order valence-corrected chi connectivity index (χ2v) is 48.4. The lowest BCUT2D eigenvalue weighted by Crippen LogP contribution is -2.17. The quantitative estimate of drug-likeness (QED) is 0.0356. The Morgan fingerprint density at radius 1 is 0.199 bits per heavy atom. The summed E-state index contributed by atoms with van der Waals surface area (Å²) in [4.78, 5) is 31.1. The molecule has 2 aliphatic rings. The molecule has 0 aromatic heterocycles. The summed E-state index contributed by atoms with van der Waals surface area (Å²) in [6.45, 7) is 64.4. The van der Waals surface area contributed by atoms with E-state index < -0.39 is 0 Å². The third-order valence-corrected chi connectivity index (χ3v) is 29.3. The third-order valence-electron chi connectivity index (χ3n) is 29.3. The van der Waals surface area contributed by atoms with Crippen LogP contribution in [0.4, 0.5) is 11.4 Å². The van der Waals surface area contributed by atoms with Crippen molar-refractivity contribution in [2.75, 3.05) is 63.5 Å². The fourth-order valence-corrected chi connectivity index (χ4v) is 20.2. The van der Waals surface area contributed by atoms with E-state index in [4.69, 9.17) is 37.9 Å². The molecule has 10 aromatic rings. The smallest absolute Gasteiger partial charge is 0.255 e. The number of hydrogen-bond acceptors (Lipinski definition) is 10. The number of nitrogens with one attached hydrogen (secondary N) is 2. The number of amides is 2. The highest BCUT2D eigenvalue weighted by molar-refractivity contribution is 6.06. The summed E-state index contributed by atoms with van der Waals surface area (Å²) in [5, 5.41) is 7.01. The van der Waals surface area contributed by atoms with Crippen LogP contribution >= 0.6 is 0 Å². The fourth-order valence-electron chi connectivity index (χ4n) is 20.2. The lowest BCUT2D eigenvalue weighted by Gasteiger charge is -2.29. The van der Waals surface area contributed by atoms with E-state index in [0.717, 1.165) is 300 Å². The maximum absolute atomic E-state index is 15.5. The average Bonchev–Trinajstić information content (AvgIpc) is 0.760. The van der Waals surface area contributed by atoms with Crippen LogP contribution in [0.2, 0.25) is 0 Å². The molecule has 0 aliphatic heterocycles. The summed E-state index contributed by atoms with van der Waals surface area (Å²) < 4.78 is 58.8. The van der Waals surface area contributed by atoms with Gasteiger partial charge in [0.15, 0.2) is 0 Å². The molecule has 12 heteroatoms. The van der Waals surface area contributed by atoms with Crippen LogP contribution in [-0.2, 0) is 83.9 Å². The Balaban J connectivity index is 0.962. The number of benzene rings is 10.